The van der Waals surface area contributed by atoms with Crippen LogP contribution in [0.1, 0.15) is 16.8 Å². The number of carbonyl (C=O) groups is 1. The number of hydrogen-bond donors (Lipinski definition) is 2. The summed E-state index contributed by atoms with van der Waals surface area (Å²) in [5.41, 5.74) is 0.753. The Bertz CT molecular complexity index is 733. The topological polar surface area (TPSA) is 71.5 Å². The number of aliphatic hydroxyl groups excluding tert-OH is 1. The van der Waals surface area contributed by atoms with Gasteiger partial charge in [-0.1, -0.05) is 12.1 Å². The number of nitrogens with zero attached hydrogens (tertiary/aromatic N) is 1. The molecular weight excluding hydrogens is 349 g/mol. The van der Waals surface area contributed by atoms with Crippen LogP contribution in [-0.4, -0.2) is 35.3 Å². The summed E-state index contributed by atoms with van der Waals surface area (Å²) >= 11 is 0. The largest absolute Gasteiger partial charge is 0.491 e. The lowest BCUT2D eigenvalue weighted by Crippen LogP contribution is -2.36. The number of rotatable bonds is 7. The minimum Gasteiger partial charge on any atom is -0.491 e. The molecule has 5 nitrogen and oxygen atoms in total. The van der Waals surface area contributed by atoms with Gasteiger partial charge in [0.15, 0.2) is 0 Å². The molecule has 0 aliphatic rings. The lowest BCUT2D eigenvalue weighted by Gasteiger charge is -2.14. The van der Waals surface area contributed by atoms with Crippen LogP contribution in [0, 0.1) is 6.92 Å². The van der Waals surface area contributed by atoms with Crippen molar-refractivity contribution in [1.29, 1.82) is 0 Å². The van der Waals surface area contributed by atoms with Crippen LogP contribution < -0.4 is 10.1 Å². The van der Waals surface area contributed by atoms with Gasteiger partial charge in [-0.25, -0.2) is 0 Å². The summed E-state index contributed by atoms with van der Waals surface area (Å²) in [6.45, 7) is 1.52. The molecule has 1 aromatic heterocycles. The summed E-state index contributed by atoms with van der Waals surface area (Å²) in [5.74, 6) is -0.301. The first kappa shape index (κ1) is 19.7. The van der Waals surface area contributed by atoms with Gasteiger partial charge in [0.25, 0.3) is 0 Å². The molecule has 0 radical (unpaired) electrons. The average molecular weight is 368 g/mol. The summed E-state index contributed by atoms with van der Waals surface area (Å²) in [6, 6.07) is 7.96. The van der Waals surface area contributed by atoms with Crippen molar-refractivity contribution in [2.24, 2.45) is 0 Å². The summed E-state index contributed by atoms with van der Waals surface area (Å²) in [6.07, 6.45) is -3.79. The van der Waals surface area contributed by atoms with Crippen LogP contribution >= 0.6 is 0 Å². The molecule has 1 atom stereocenters. The highest BCUT2D eigenvalue weighted by molar-refractivity contribution is 5.78. The molecule has 0 bridgehead atoms. The number of benzene rings is 1. The van der Waals surface area contributed by atoms with Gasteiger partial charge in [-0.15, -0.1) is 0 Å². The smallest absolute Gasteiger partial charge is 0.416 e. The molecule has 0 spiro atoms. The summed E-state index contributed by atoms with van der Waals surface area (Å²) in [7, 11) is 0. The predicted octanol–water partition coefficient (Wildman–Crippen LogP) is 2.51. The van der Waals surface area contributed by atoms with Crippen LogP contribution in [0.25, 0.3) is 0 Å². The van der Waals surface area contributed by atoms with Crippen molar-refractivity contribution >= 4 is 5.91 Å². The van der Waals surface area contributed by atoms with Gasteiger partial charge in [0.05, 0.1) is 12.0 Å². The molecule has 0 aliphatic carbocycles. The van der Waals surface area contributed by atoms with E-state index in [-0.39, 0.29) is 31.2 Å². The van der Waals surface area contributed by atoms with E-state index in [1.807, 2.05) is 6.92 Å². The molecule has 2 aromatic rings. The molecule has 0 aliphatic heterocycles. The number of aliphatic hydroxyl groups is 1. The lowest BCUT2D eigenvalue weighted by molar-refractivity contribution is -0.137. The van der Waals surface area contributed by atoms with Crippen molar-refractivity contribution in [1.82, 2.24) is 10.3 Å². The maximum absolute atomic E-state index is 12.6. The molecule has 0 fully saturated rings. The molecule has 1 aromatic carbocycles. The Morgan fingerprint density at radius 3 is 2.73 bits per heavy atom. The van der Waals surface area contributed by atoms with Crippen LogP contribution in [0.15, 0.2) is 42.6 Å². The fourth-order valence-electron chi connectivity index (χ4n) is 2.10. The Kier molecular flexibility index (Phi) is 6.57. The zero-order chi connectivity index (χ0) is 19.2. The van der Waals surface area contributed by atoms with Crippen LogP contribution in [0.2, 0.25) is 0 Å². The molecule has 1 unspecified atom stereocenters. The van der Waals surface area contributed by atoms with E-state index < -0.39 is 17.8 Å². The third-order valence-corrected chi connectivity index (χ3v) is 3.48. The molecule has 0 saturated heterocycles. The van der Waals surface area contributed by atoms with Crippen LogP contribution in [0.5, 0.6) is 5.75 Å². The number of halogens is 3. The lowest BCUT2D eigenvalue weighted by atomic mass is 10.2. The Hall–Kier alpha value is -2.61. The maximum atomic E-state index is 12.6. The van der Waals surface area contributed by atoms with Gasteiger partial charge in [0, 0.05) is 18.4 Å². The zero-order valence-electron chi connectivity index (χ0n) is 14.1. The number of aromatic nitrogens is 1. The Labute approximate surface area is 148 Å². The van der Waals surface area contributed by atoms with E-state index in [0.29, 0.717) is 0 Å². The van der Waals surface area contributed by atoms with Crippen molar-refractivity contribution in [2.45, 2.75) is 25.6 Å². The van der Waals surface area contributed by atoms with Gasteiger partial charge < -0.3 is 15.2 Å². The minimum atomic E-state index is -4.46. The second kappa shape index (κ2) is 8.66. The van der Waals surface area contributed by atoms with Crippen molar-refractivity contribution < 1.29 is 27.8 Å². The van der Waals surface area contributed by atoms with Crippen LogP contribution in [0.4, 0.5) is 13.2 Å². The molecule has 2 rings (SSSR count). The SMILES string of the molecule is Cc1ccc(CC(=O)NCC(O)COc2cccc(C(F)(F)F)c2)cn1. The van der Waals surface area contributed by atoms with E-state index in [1.165, 1.54) is 12.1 Å². The Morgan fingerprint density at radius 2 is 2.08 bits per heavy atom. The first-order chi connectivity index (χ1) is 12.2. The normalized spacial score (nSPS) is 12.5. The highest BCUT2D eigenvalue weighted by Crippen LogP contribution is 2.31. The van der Waals surface area contributed by atoms with Gasteiger partial charge >= 0.3 is 6.18 Å². The number of pyridine rings is 1. The molecule has 26 heavy (non-hydrogen) atoms. The maximum Gasteiger partial charge on any atom is 0.416 e. The zero-order valence-corrected chi connectivity index (χ0v) is 14.1. The van der Waals surface area contributed by atoms with E-state index in [1.54, 1.807) is 18.3 Å². The van der Waals surface area contributed by atoms with Gasteiger partial charge in [-0.3, -0.25) is 9.78 Å². The van der Waals surface area contributed by atoms with Gasteiger partial charge in [0.2, 0.25) is 5.91 Å². The number of ether oxygens (including phenoxy) is 1. The molecule has 0 saturated carbocycles. The highest BCUT2D eigenvalue weighted by atomic mass is 19.4. The van der Waals surface area contributed by atoms with E-state index in [2.05, 4.69) is 10.3 Å². The molecule has 1 amide bonds. The first-order valence-corrected chi connectivity index (χ1v) is 7.90. The van der Waals surface area contributed by atoms with Crippen molar-refractivity contribution in [3.8, 4) is 5.75 Å². The number of hydrogen-bond acceptors (Lipinski definition) is 4. The number of nitrogens with one attached hydrogen (secondary N) is 1. The van der Waals surface area contributed by atoms with Crippen molar-refractivity contribution in [3.63, 3.8) is 0 Å². The third kappa shape index (κ3) is 6.36. The van der Waals surface area contributed by atoms with Crippen molar-refractivity contribution in [2.75, 3.05) is 13.2 Å². The van der Waals surface area contributed by atoms with E-state index in [0.717, 1.165) is 23.4 Å². The average Bonchev–Trinajstić information content (AvgIpc) is 2.60. The summed E-state index contributed by atoms with van der Waals surface area (Å²) in [4.78, 5) is 15.9. The van der Waals surface area contributed by atoms with Gasteiger partial charge in [0.1, 0.15) is 18.5 Å². The minimum absolute atomic E-state index is 0.00377. The number of alkyl halides is 3. The van der Waals surface area contributed by atoms with Crippen LogP contribution in [0.3, 0.4) is 0 Å². The monoisotopic (exact) mass is 368 g/mol. The fraction of sp³-hybridized carbons (Fsp3) is 0.333. The number of carbonyl (C=O) groups excluding carboxylic acids is 1. The molecular formula is C18H19F3N2O3. The quantitative estimate of drug-likeness (QED) is 0.788. The molecule has 2 N–H and O–H groups in total. The van der Waals surface area contributed by atoms with Gasteiger partial charge in [-0.05, 0) is 36.8 Å². The Morgan fingerprint density at radius 1 is 1.31 bits per heavy atom. The van der Waals surface area contributed by atoms with E-state index in [9.17, 15) is 23.1 Å². The summed E-state index contributed by atoms with van der Waals surface area (Å²) in [5, 5.41) is 12.4. The first-order valence-electron chi connectivity index (χ1n) is 7.90. The fourth-order valence-corrected chi connectivity index (χ4v) is 2.10. The molecule has 8 heteroatoms. The van der Waals surface area contributed by atoms with E-state index in [4.69, 9.17) is 4.74 Å². The number of amides is 1. The van der Waals surface area contributed by atoms with Gasteiger partial charge in [-0.2, -0.15) is 13.2 Å². The number of aryl methyl sites for hydroxylation is 1. The van der Waals surface area contributed by atoms with Crippen LogP contribution in [-0.2, 0) is 17.4 Å². The van der Waals surface area contributed by atoms with Crippen molar-refractivity contribution in [3.05, 3.63) is 59.4 Å². The highest BCUT2D eigenvalue weighted by Gasteiger charge is 2.30. The third-order valence-electron chi connectivity index (χ3n) is 3.48. The molecule has 1 heterocycles. The van der Waals surface area contributed by atoms with E-state index >= 15 is 0 Å². The Balaban J connectivity index is 1.76. The second-order valence-corrected chi connectivity index (χ2v) is 5.78. The standard InChI is InChI=1S/C18H19F3N2O3/c1-12-5-6-13(9-22-12)7-17(25)23-10-15(24)11-26-16-4-2-3-14(8-16)18(19,20)21/h2-6,8-9,15,24H,7,10-11H2,1H3,(H,23,25). The second-order valence-electron chi connectivity index (χ2n) is 5.78. The molecule has 140 valence electrons. The predicted molar refractivity (Wildman–Crippen MR) is 88.6 cm³/mol. The summed E-state index contributed by atoms with van der Waals surface area (Å²) < 4.78 is 43.0.